The van der Waals surface area contributed by atoms with Crippen LogP contribution in [0.3, 0.4) is 0 Å². The Balaban J connectivity index is 3.52. The van der Waals surface area contributed by atoms with Crippen LogP contribution in [0.25, 0.3) is 0 Å². The van der Waals surface area contributed by atoms with Gasteiger partial charge in [-0.2, -0.15) is 8.78 Å². The third-order valence-corrected chi connectivity index (χ3v) is 1.71. The summed E-state index contributed by atoms with van der Waals surface area (Å²) in [4.78, 5) is 9.97. The largest absolute Gasteiger partial charge is 0.477 e. The molecule has 1 N–H and O–H groups in total. The van der Waals surface area contributed by atoms with Crippen molar-refractivity contribution in [3.05, 3.63) is 12.7 Å². The smallest absolute Gasteiger partial charge is 0.374 e. The van der Waals surface area contributed by atoms with Gasteiger partial charge in [0.15, 0.2) is 0 Å². The van der Waals surface area contributed by atoms with E-state index in [-0.39, 0.29) is 6.42 Å². The second kappa shape index (κ2) is 5.67. The number of carboxylic acid groups (broad SMARTS) is 1. The van der Waals surface area contributed by atoms with Crippen LogP contribution in [0, 0.1) is 0 Å². The lowest BCUT2D eigenvalue weighted by Crippen LogP contribution is -2.27. The van der Waals surface area contributed by atoms with Crippen molar-refractivity contribution in [3.63, 3.8) is 0 Å². The van der Waals surface area contributed by atoms with E-state index in [1.165, 1.54) is 0 Å². The molecule has 0 fully saturated rings. The van der Waals surface area contributed by atoms with E-state index in [1.807, 2.05) is 0 Å². The highest BCUT2D eigenvalue weighted by Crippen LogP contribution is 2.22. The van der Waals surface area contributed by atoms with Gasteiger partial charge in [0.1, 0.15) is 0 Å². The van der Waals surface area contributed by atoms with Crippen molar-refractivity contribution in [2.24, 2.45) is 0 Å². The van der Waals surface area contributed by atoms with Crippen molar-refractivity contribution in [1.29, 1.82) is 0 Å². The summed E-state index contributed by atoms with van der Waals surface area (Å²) in [5.41, 5.74) is 0. The molecule has 0 atom stereocenters. The molecule has 0 amide bonds. The lowest BCUT2D eigenvalue weighted by molar-refractivity contribution is -0.165. The molecule has 0 aliphatic rings. The molecule has 0 spiro atoms. The van der Waals surface area contributed by atoms with Crippen LogP contribution < -0.4 is 0 Å². The minimum absolute atomic E-state index is 0.243. The van der Waals surface area contributed by atoms with Crippen LogP contribution in [0.1, 0.15) is 32.1 Å². The maximum Gasteiger partial charge on any atom is 0.374 e. The quantitative estimate of drug-likeness (QED) is 0.497. The SMILES string of the molecule is C=CCCCCCC(F)(F)C(=O)O. The number of hydrogen-bond acceptors (Lipinski definition) is 1. The molecule has 0 aromatic heterocycles. The van der Waals surface area contributed by atoms with Gasteiger partial charge in [-0.1, -0.05) is 12.5 Å². The maximum atomic E-state index is 12.4. The van der Waals surface area contributed by atoms with Gasteiger partial charge in [-0.05, 0) is 19.3 Å². The molecule has 13 heavy (non-hydrogen) atoms. The summed E-state index contributed by atoms with van der Waals surface area (Å²) in [5, 5.41) is 8.08. The number of halogens is 2. The number of hydrogen-bond donors (Lipinski definition) is 1. The Morgan fingerprint density at radius 3 is 2.46 bits per heavy atom. The molecule has 0 aliphatic carbocycles. The molecule has 0 aromatic carbocycles. The first-order valence-electron chi connectivity index (χ1n) is 4.23. The second-order valence-electron chi connectivity index (χ2n) is 2.90. The first-order valence-corrected chi connectivity index (χ1v) is 4.23. The number of aliphatic carboxylic acids is 1. The first kappa shape index (κ1) is 12.1. The molecule has 0 heterocycles. The van der Waals surface area contributed by atoms with Crippen molar-refractivity contribution < 1.29 is 18.7 Å². The van der Waals surface area contributed by atoms with E-state index in [0.717, 1.165) is 12.8 Å². The molecule has 76 valence electrons. The van der Waals surface area contributed by atoms with E-state index in [9.17, 15) is 13.6 Å². The average molecular weight is 192 g/mol. The van der Waals surface area contributed by atoms with Crippen LogP contribution in [0.5, 0.6) is 0 Å². The molecule has 0 rings (SSSR count). The monoisotopic (exact) mass is 192 g/mol. The van der Waals surface area contributed by atoms with Gasteiger partial charge in [-0.3, -0.25) is 0 Å². The van der Waals surface area contributed by atoms with Gasteiger partial charge < -0.3 is 5.11 Å². The highest BCUT2D eigenvalue weighted by Gasteiger charge is 2.37. The first-order chi connectivity index (χ1) is 6.00. The van der Waals surface area contributed by atoms with E-state index >= 15 is 0 Å². The molecule has 0 bridgehead atoms. The summed E-state index contributed by atoms with van der Waals surface area (Å²) >= 11 is 0. The minimum atomic E-state index is -3.56. The summed E-state index contributed by atoms with van der Waals surface area (Å²) in [7, 11) is 0. The zero-order valence-electron chi connectivity index (χ0n) is 7.43. The summed E-state index contributed by atoms with van der Waals surface area (Å²) in [6.45, 7) is 3.49. The predicted molar refractivity (Wildman–Crippen MR) is 45.9 cm³/mol. The van der Waals surface area contributed by atoms with E-state index in [2.05, 4.69) is 6.58 Å². The molecule has 2 nitrogen and oxygen atoms in total. The topological polar surface area (TPSA) is 37.3 Å². The van der Waals surface area contributed by atoms with Crippen molar-refractivity contribution in [2.75, 3.05) is 0 Å². The normalized spacial score (nSPS) is 11.2. The van der Waals surface area contributed by atoms with Gasteiger partial charge in [0.2, 0.25) is 0 Å². The number of rotatable bonds is 7. The van der Waals surface area contributed by atoms with Crippen LogP contribution in [-0.2, 0) is 4.79 Å². The Bertz CT molecular complexity index is 178. The number of carboxylic acids is 1. The van der Waals surface area contributed by atoms with Crippen LogP contribution in [0.2, 0.25) is 0 Å². The summed E-state index contributed by atoms with van der Waals surface area (Å²) < 4.78 is 24.9. The molecular weight excluding hydrogens is 178 g/mol. The predicted octanol–water partition coefficient (Wildman–Crippen LogP) is 2.84. The molecule has 4 heteroatoms. The molecule has 0 unspecified atom stereocenters. The van der Waals surface area contributed by atoms with Crippen LogP contribution in [0.4, 0.5) is 8.78 Å². The van der Waals surface area contributed by atoms with Gasteiger partial charge in [0.25, 0.3) is 0 Å². The zero-order chi connectivity index (χ0) is 10.3. The van der Waals surface area contributed by atoms with Gasteiger partial charge in [-0.15, -0.1) is 6.58 Å². The molecule has 0 radical (unpaired) electrons. The molecule has 0 saturated carbocycles. The summed E-state index contributed by atoms with van der Waals surface area (Å²) in [5.74, 6) is -5.59. The standard InChI is InChI=1S/C9H14F2O2/c1-2-3-4-5-6-7-9(10,11)8(12)13/h2H,1,3-7H2,(H,12,13). The Morgan fingerprint density at radius 1 is 1.38 bits per heavy atom. The Hall–Kier alpha value is -0.930. The highest BCUT2D eigenvalue weighted by molar-refractivity contribution is 5.75. The number of alkyl halides is 2. The van der Waals surface area contributed by atoms with Crippen LogP contribution >= 0.6 is 0 Å². The van der Waals surface area contributed by atoms with Crippen molar-refractivity contribution in [1.82, 2.24) is 0 Å². The lowest BCUT2D eigenvalue weighted by atomic mass is 10.1. The Kier molecular flexibility index (Phi) is 5.26. The Labute approximate surface area is 76.3 Å². The number of allylic oxidation sites excluding steroid dienone is 1. The van der Waals surface area contributed by atoms with E-state index in [0.29, 0.717) is 6.42 Å². The maximum absolute atomic E-state index is 12.4. The summed E-state index contributed by atoms with van der Waals surface area (Å²) in [6, 6.07) is 0. The van der Waals surface area contributed by atoms with E-state index in [1.54, 1.807) is 6.08 Å². The molecule has 0 aliphatic heterocycles. The average Bonchev–Trinajstić information content (AvgIpc) is 2.03. The highest BCUT2D eigenvalue weighted by atomic mass is 19.3. The zero-order valence-corrected chi connectivity index (χ0v) is 7.43. The minimum Gasteiger partial charge on any atom is -0.477 e. The van der Waals surface area contributed by atoms with Crippen LogP contribution in [0.15, 0.2) is 12.7 Å². The number of unbranched alkanes of at least 4 members (excludes halogenated alkanes) is 3. The molecule has 0 aromatic rings. The fourth-order valence-corrected chi connectivity index (χ4v) is 0.919. The third kappa shape index (κ3) is 5.33. The van der Waals surface area contributed by atoms with Crippen molar-refractivity contribution >= 4 is 5.97 Å². The van der Waals surface area contributed by atoms with Crippen LogP contribution in [-0.4, -0.2) is 17.0 Å². The Morgan fingerprint density at radius 2 is 2.00 bits per heavy atom. The van der Waals surface area contributed by atoms with E-state index in [4.69, 9.17) is 5.11 Å². The van der Waals surface area contributed by atoms with E-state index < -0.39 is 18.3 Å². The lowest BCUT2D eigenvalue weighted by Gasteiger charge is -2.09. The number of carbonyl (C=O) groups is 1. The van der Waals surface area contributed by atoms with Crippen molar-refractivity contribution in [2.45, 2.75) is 38.0 Å². The van der Waals surface area contributed by atoms with Gasteiger partial charge >= 0.3 is 11.9 Å². The second-order valence-corrected chi connectivity index (χ2v) is 2.90. The van der Waals surface area contributed by atoms with Gasteiger partial charge in [-0.25, -0.2) is 4.79 Å². The molecule has 0 saturated heterocycles. The van der Waals surface area contributed by atoms with Gasteiger partial charge in [0.05, 0.1) is 0 Å². The van der Waals surface area contributed by atoms with Crippen molar-refractivity contribution in [3.8, 4) is 0 Å². The third-order valence-electron chi connectivity index (χ3n) is 1.71. The molecular formula is C9H14F2O2. The van der Waals surface area contributed by atoms with Gasteiger partial charge in [0, 0.05) is 6.42 Å². The fourth-order valence-electron chi connectivity index (χ4n) is 0.919. The fraction of sp³-hybridized carbons (Fsp3) is 0.667. The summed E-state index contributed by atoms with van der Waals surface area (Å²) in [6.07, 6.45) is 3.59.